The number of hydrogen-bond donors (Lipinski definition) is 3. The van der Waals surface area contributed by atoms with Crippen molar-refractivity contribution in [3.8, 4) is 0 Å². The minimum atomic E-state index is -0.600. The second-order valence-corrected chi connectivity index (χ2v) is 6.67. The zero-order valence-corrected chi connectivity index (χ0v) is 15.2. The Kier molecular flexibility index (Phi) is 6.06. The molecule has 6 heteroatoms. The van der Waals surface area contributed by atoms with Gasteiger partial charge < -0.3 is 5.32 Å². The number of hydroxylamine groups is 1. The highest BCUT2D eigenvalue weighted by Crippen LogP contribution is 2.28. The maximum absolute atomic E-state index is 12.7. The standard InChI is InChI=1S/C21H19ClN2O3/c22-19-4-2-1-3-17(19)18(21(26)23-16-10-11-16)13-15-7-5-14(6-8-15)9-12-20(25)24-27/h1-9,12-13,16,27H,10-11H2,(H,23,26)(H,24,25)/b12-9+,18-13-. The molecule has 1 aliphatic carbocycles. The second-order valence-electron chi connectivity index (χ2n) is 6.26. The first kappa shape index (κ1) is 18.9. The Bertz CT molecular complexity index is 900. The zero-order chi connectivity index (χ0) is 19.2. The molecule has 27 heavy (non-hydrogen) atoms. The first-order valence-electron chi connectivity index (χ1n) is 8.56. The highest BCUT2D eigenvalue weighted by molar-refractivity contribution is 6.36. The molecule has 2 aromatic rings. The minimum Gasteiger partial charge on any atom is -0.349 e. The van der Waals surface area contributed by atoms with E-state index in [1.54, 1.807) is 18.2 Å². The summed E-state index contributed by atoms with van der Waals surface area (Å²) in [6.07, 6.45) is 6.61. The molecule has 1 fully saturated rings. The predicted octanol–water partition coefficient (Wildman–Crippen LogP) is 3.68. The van der Waals surface area contributed by atoms with Gasteiger partial charge in [0.1, 0.15) is 0 Å². The van der Waals surface area contributed by atoms with Crippen molar-refractivity contribution in [2.45, 2.75) is 18.9 Å². The normalized spacial score (nSPS) is 14.2. The van der Waals surface area contributed by atoms with Crippen LogP contribution in [0.3, 0.4) is 0 Å². The van der Waals surface area contributed by atoms with E-state index < -0.39 is 5.91 Å². The highest BCUT2D eigenvalue weighted by Gasteiger charge is 2.25. The van der Waals surface area contributed by atoms with Crippen LogP contribution in [0.15, 0.2) is 54.6 Å². The van der Waals surface area contributed by atoms with Gasteiger partial charge in [-0.2, -0.15) is 0 Å². The van der Waals surface area contributed by atoms with E-state index in [1.807, 2.05) is 42.5 Å². The monoisotopic (exact) mass is 382 g/mol. The van der Waals surface area contributed by atoms with Crippen molar-refractivity contribution in [2.24, 2.45) is 0 Å². The number of carbonyl (C=O) groups excluding carboxylic acids is 2. The van der Waals surface area contributed by atoms with E-state index in [0.29, 0.717) is 16.2 Å². The molecule has 5 nitrogen and oxygen atoms in total. The van der Waals surface area contributed by atoms with E-state index in [9.17, 15) is 9.59 Å². The van der Waals surface area contributed by atoms with Gasteiger partial charge in [-0.1, -0.05) is 54.1 Å². The Balaban J connectivity index is 1.88. The van der Waals surface area contributed by atoms with Gasteiger partial charge in [0, 0.05) is 28.3 Å². The van der Waals surface area contributed by atoms with Crippen molar-refractivity contribution >= 4 is 41.1 Å². The number of benzene rings is 2. The van der Waals surface area contributed by atoms with Gasteiger partial charge in [0.25, 0.3) is 11.8 Å². The topological polar surface area (TPSA) is 78.4 Å². The van der Waals surface area contributed by atoms with Crippen molar-refractivity contribution in [3.05, 3.63) is 76.3 Å². The first-order chi connectivity index (χ1) is 13.1. The SMILES string of the molecule is O=C(/C=C/c1ccc(/C=C(\C(=O)NC2CC2)c2ccccc2Cl)cc1)NO. The molecular weight excluding hydrogens is 364 g/mol. The summed E-state index contributed by atoms with van der Waals surface area (Å²) in [5, 5.41) is 12.0. The first-order valence-corrected chi connectivity index (χ1v) is 8.94. The summed E-state index contributed by atoms with van der Waals surface area (Å²) in [5.74, 6) is -0.745. The van der Waals surface area contributed by atoms with Crippen LogP contribution in [0.25, 0.3) is 17.7 Å². The predicted molar refractivity (Wildman–Crippen MR) is 106 cm³/mol. The number of hydrogen-bond acceptors (Lipinski definition) is 3. The Morgan fingerprint density at radius 1 is 1.04 bits per heavy atom. The molecule has 0 saturated heterocycles. The molecule has 1 saturated carbocycles. The molecule has 0 atom stereocenters. The Morgan fingerprint density at radius 3 is 2.33 bits per heavy atom. The molecule has 0 radical (unpaired) electrons. The molecule has 0 unspecified atom stereocenters. The smallest absolute Gasteiger partial charge is 0.267 e. The van der Waals surface area contributed by atoms with Crippen molar-refractivity contribution < 1.29 is 14.8 Å². The fourth-order valence-corrected chi connectivity index (χ4v) is 2.75. The summed E-state index contributed by atoms with van der Waals surface area (Å²) in [6, 6.07) is 14.8. The van der Waals surface area contributed by atoms with Crippen LogP contribution in [0.4, 0.5) is 0 Å². The maximum atomic E-state index is 12.7. The molecule has 3 N–H and O–H groups in total. The Labute approximate surface area is 162 Å². The molecule has 0 aliphatic heterocycles. The van der Waals surface area contributed by atoms with Gasteiger partial charge in [0.2, 0.25) is 0 Å². The van der Waals surface area contributed by atoms with Crippen molar-refractivity contribution in [1.29, 1.82) is 0 Å². The molecule has 3 rings (SSSR count). The fourth-order valence-electron chi connectivity index (χ4n) is 2.52. The largest absolute Gasteiger partial charge is 0.349 e. The molecule has 1 aliphatic rings. The summed E-state index contributed by atoms with van der Waals surface area (Å²) in [4.78, 5) is 23.8. The van der Waals surface area contributed by atoms with E-state index in [4.69, 9.17) is 16.8 Å². The van der Waals surface area contributed by atoms with Gasteiger partial charge in [-0.25, -0.2) is 5.48 Å². The second kappa shape index (κ2) is 8.66. The number of amides is 2. The van der Waals surface area contributed by atoms with Gasteiger partial charge in [0.05, 0.1) is 0 Å². The Morgan fingerprint density at radius 2 is 1.70 bits per heavy atom. The lowest BCUT2D eigenvalue weighted by Crippen LogP contribution is -2.26. The van der Waals surface area contributed by atoms with Crippen molar-refractivity contribution in [2.75, 3.05) is 0 Å². The van der Waals surface area contributed by atoms with E-state index in [0.717, 1.165) is 24.0 Å². The van der Waals surface area contributed by atoms with Crippen LogP contribution in [-0.4, -0.2) is 23.1 Å². The summed E-state index contributed by atoms with van der Waals surface area (Å²) in [6.45, 7) is 0. The average molecular weight is 383 g/mol. The van der Waals surface area contributed by atoms with Crippen LogP contribution < -0.4 is 10.8 Å². The third-order valence-corrected chi connectivity index (χ3v) is 4.44. The maximum Gasteiger partial charge on any atom is 0.267 e. The minimum absolute atomic E-state index is 0.144. The van der Waals surface area contributed by atoms with E-state index >= 15 is 0 Å². The van der Waals surface area contributed by atoms with Crippen LogP contribution in [0, 0.1) is 0 Å². The van der Waals surface area contributed by atoms with Gasteiger partial charge in [0.15, 0.2) is 0 Å². The van der Waals surface area contributed by atoms with Gasteiger partial charge >= 0.3 is 0 Å². The molecule has 0 aromatic heterocycles. The average Bonchev–Trinajstić information content (AvgIpc) is 3.49. The number of halogens is 1. The van der Waals surface area contributed by atoms with Gasteiger partial charge in [-0.05, 0) is 42.2 Å². The summed E-state index contributed by atoms with van der Waals surface area (Å²) in [5.41, 5.74) is 4.35. The molecule has 2 aromatic carbocycles. The van der Waals surface area contributed by atoms with Crippen LogP contribution in [0.1, 0.15) is 29.5 Å². The summed E-state index contributed by atoms with van der Waals surface area (Å²) in [7, 11) is 0. The Hall–Kier alpha value is -2.89. The zero-order valence-electron chi connectivity index (χ0n) is 14.5. The quantitative estimate of drug-likeness (QED) is 0.308. The number of rotatable bonds is 6. The fraction of sp³-hybridized carbons (Fsp3) is 0.143. The summed E-state index contributed by atoms with van der Waals surface area (Å²) >= 11 is 6.30. The van der Waals surface area contributed by atoms with Gasteiger partial charge in [-0.15, -0.1) is 0 Å². The van der Waals surface area contributed by atoms with Crippen LogP contribution >= 0.6 is 11.6 Å². The van der Waals surface area contributed by atoms with Crippen LogP contribution in [0.5, 0.6) is 0 Å². The van der Waals surface area contributed by atoms with E-state index in [1.165, 1.54) is 11.6 Å². The third-order valence-electron chi connectivity index (χ3n) is 4.11. The molecular formula is C21H19ClN2O3. The van der Waals surface area contributed by atoms with Crippen LogP contribution in [-0.2, 0) is 9.59 Å². The molecule has 0 spiro atoms. The number of nitrogens with one attached hydrogen (secondary N) is 2. The van der Waals surface area contributed by atoms with Crippen LogP contribution in [0.2, 0.25) is 5.02 Å². The lowest BCUT2D eigenvalue weighted by atomic mass is 10.0. The lowest BCUT2D eigenvalue weighted by molar-refractivity contribution is -0.124. The van der Waals surface area contributed by atoms with Crippen molar-refractivity contribution in [1.82, 2.24) is 10.8 Å². The lowest BCUT2D eigenvalue weighted by Gasteiger charge is -2.11. The molecule has 2 amide bonds. The van der Waals surface area contributed by atoms with E-state index in [-0.39, 0.29) is 11.9 Å². The highest BCUT2D eigenvalue weighted by atomic mass is 35.5. The molecule has 0 heterocycles. The molecule has 138 valence electrons. The third kappa shape index (κ3) is 5.29. The summed E-state index contributed by atoms with van der Waals surface area (Å²) < 4.78 is 0. The van der Waals surface area contributed by atoms with Gasteiger partial charge in [-0.3, -0.25) is 14.8 Å². The number of carbonyl (C=O) groups is 2. The molecule has 0 bridgehead atoms. The van der Waals surface area contributed by atoms with Crippen molar-refractivity contribution in [3.63, 3.8) is 0 Å². The van der Waals surface area contributed by atoms with E-state index in [2.05, 4.69) is 5.32 Å².